The third-order valence-corrected chi connectivity index (χ3v) is 3.03. The maximum absolute atomic E-state index is 10.1. The molecule has 1 unspecified atom stereocenters. The number of hydrogen-bond donors (Lipinski definition) is 1. The molecule has 0 bridgehead atoms. The summed E-state index contributed by atoms with van der Waals surface area (Å²) in [6.07, 6.45) is 5.05. The van der Waals surface area contributed by atoms with Gasteiger partial charge in [0.25, 0.3) is 0 Å². The van der Waals surface area contributed by atoms with Crippen molar-refractivity contribution in [3.63, 3.8) is 0 Å². The Hall–Kier alpha value is -0.580. The highest BCUT2D eigenvalue weighted by Gasteiger charge is 2.17. The molecular weight excluding hydrogens is 240 g/mol. The van der Waals surface area contributed by atoms with Crippen molar-refractivity contribution in [2.45, 2.75) is 45.3 Å². The average Bonchev–Trinajstić information content (AvgIpc) is 2.68. The highest BCUT2D eigenvalue weighted by Crippen LogP contribution is 2.26. The van der Waals surface area contributed by atoms with E-state index >= 15 is 0 Å². The first-order valence-corrected chi connectivity index (χ1v) is 6.46. The molecule has 0 fully saturated rings. The van der Waals surface area contributed by atoms with Crippen LogP contribution in [-0.2, 0) is 11.3 Å². The fourth-order valence-electron chi connectivity index (χ4n) is 1.78. The molecule has 98 valence electrons. The minimum absolute atomic E-state index is 0.533. The summed E-state index contributed by atoms with van der Waals surface area (Å²) in [5.41, 5.74) is 0.708. The van der Waals surface area contributed by atoms with Gasteiger partial charge in [-0.15, -0.1) is 0 Å². The summed E-state index contributed by atoms with van der Waals surface area (Å²) in [6, 6.07) is 0. The molecule has 0 aromatic carbocycles. The van der Waals surface area contributed by atoms with Gasteiger partial charge in [-0.1, -0.05) is 37.8 Å². The second-order valence-electron chi connectivity index (χ2n) is 4.11. The van der Waals surface area contributed by atoms with Gasteiger partial charge in [0.2, 0.25) is 0 Å². The molecule has 0 aliphatic rings. The number of halogens is 1. The number of nitrogens with zero attached hydrogens (tertiary/aromatic N) is 2. The van der Waals surface area contributed by atoms with Gasteiger partial charge < -0.3 is 9.84 Å². The lowest BCUT2D eigenvalue weighted by molar-refractivity contribution is 0.143. The second-order valence-corrected chi connectivity index (χ2v) is 4.51. The Morgan fingerprint density at radius 1 is 1.53 bits per heavy atom. The van der Waals surface area contributed by atoms with Crippen LogP contribution in [0.1, 0.15) is 44.4 Å². The van der Waals surface area contributed by atoms with Crippen molar-refractivity contribution in [3.05, 3.63) is 16.9 Å². The van der Waals surface area contributed by atoms with Gasteiger partial charge in [-0.05, 0) is 6.42 Å². The molecule has 1 aromatic heterocycles. The quantitative estimate of drug-likeness (QED) is 0.731. The van der Waals surface area contributed by atoms with Crippen LogP contribution < -0.4 is 0 Å². The topological polar surface area (TPSA) is 47.3 Å². The standard InChI is InChI=1S/C12H21ClN2O2/c1-3-4-5-6-11(16)12-10(13)9-14-15(12)7-8-17-2/h9,11,16H,3-8H2,1-2H3. The summed E-state index contributed by atoms with van der Waals surface area (Å²) in [5.74, 6) is 0. The van der Waals surface area contributed by atoms with Gasteiger partial charge >= 0.3 is 0 Å². The van der Waals surface area contributed by atoms with Crippen LogP contribution in [0, 0.1) is 0 Å². The number of aliphatic hydroxyl groups excluding tert-OH is 1. The lowest BCUT2D eigenvalue weighted by atomic mass is 10.1. The monoisotopic (exact) mass is 260 g/mol. The lowest BCUT2D eigenvalue weighted by Gasteiger charge is -2.13. The van der Waals surface area contributed by atoms with Crippen molar-refractivity contribution in [2.75, 3.05) is 13.7 Å². The Balaban J connectivity index is 2.63. The van der Waals surface area contributed by atoms with Crippen LogP contribution in [0.2, 0.25) is 5.02 Å². The van der Waals surface area contributed by atoms with Crippen molar-refractivity contribution >= 4 is 11.6 Å². The Morgan fingerprint density at radius 2 is 2.29 bits per heavy atom. The fourth-order valence-corrected chi connectivity index (χ4v) is 2.05. The molecule has 0 aliphatic carbocycles. The van der Waals surface area contributed by atoms with Crippen molar-refractivity contribution in [3.8, 4) is 0 Å². The van der Waals surface area contributed by atoms with E-state index in [4.69, 9.17) is 16.3 Å². The summed E-state index contributed by atoms with van der Waals surface area (Å²) in [6.45, 7) is 3.32. The van der Waals surface area contributed by atoms with Crippen molar-refractivity contribution in [2.24, 2.45) is 0 Å². The minimum atomic E-state index is -0.534. The number of aliphatic hydroxyl groups is 1. The molecular formula is C12H21ClN2O2. The van der Waals surface area contributed by atoms with Crippen LogP contribution in [0.5, 0.6) is 0 Å². The smallest absolute Gasteiger partial charge is 0.0971 e. The zero-order valence-corrected chi connectivity index (χ0v) is 11.3. The minimum Gasteiger partial charge on any atom is -0.387 e. The highest BCUT2D eigenvalue weighted by molar-refractivity contribution is 6.31. The van der Waals surface area contributed by atoms with Gasteiger partial charge in [-0.2, -0.15) is 5.10 Å². The predicted molar refractivity (Wildman–Crippen MR) is 68.2 cm³/mol. The average molecular weight is 261 g/mol. The maximum Gasteiger partial charge on any atom is 0.0971 e. The van der Waals surface area contributed by atoms with Crippen LogP contribution in [0.4, 0.5) is 0 Å². The molecule has 4 nitrogen and oxygen atoms in total. The van der Waals surface area contributed by atoms with Gasteiger partial charge in [-0.3, -0.25) is 4.68 Å². The van der Waals surface area contributed by atoms with Crippen LogP contribution in [0.15, 0.2) is 6.20 Å². The third kappa shape index (κ3) is 4.30. The number of hydrogen-bond acceptors (Lipinski definition) is 3. The molecule has 0 aliphatic heterocycles. The molecule has 1 aromatic rings. The van der Waals surface area contributed by atoms with E-state index in [1.807, 2.05) is 0 Å². The van der Waals surface area contributed by atoms with E-state index in [2.05, 4.69) is 12.0 Å². The van der Waals surface area contributed by atoms with E-state index in [0.717, 1.165) is 25.7 Å². The van der Waals surface area contributed by atoms with Crippen LogP contribution in [-0.4, -0.2) is 28.6 Å². The van der Waals surface area contributed by atoms with Gasteiger partial charge in [-0.25, -0.2) is 0 Å². The lowest BCUT2D eigenvalue weighted by Crippen LogP contribution is -2.13. The predicted octanol–water partition coefficient (Wildman–Crippen LogP) is 2.80. The first-order valence-electron chi connectivity index (χ1n) is 6.08. The number of rotatable bonds is 8. The molecule has 0 radical (unpaired) electrons. The molecule has 0 saturated carbocycles. The summed E-state index contributed by atoms with van der Waals surface area (Å²) >= 11 is 6.05. The first kappa shape index (κ1) is 14.5. The summed E-state index contributed by atoms with van der Waals surface area (Å²) in [5, 5.41) is 14.8. The molecule has 1 rings (SSSR count). The molecule has 5 heteroatoms. The molecule has 0 amide bonds. The fraction of sp³-hybridized carbons (Fsp3) is 0.750. The Labute approximate surface area is 108 Å². The van der Waals surface area contributed by atoms with Crippen molar-refractivity contribution < 1.29 is 9.84 Å². The second kappa shape index (κ2) is 7.69. The SMILES string of the molecule is CCCCCC(O)c1c(Cl)cnn1CCOC. The zero-order chi connectivity index (χ0) is 12.7. The van der Waals surface area contributed by atoms with E-state index in [-0.39, 0.29) is 0 Å². The van der Waals surface area contributed by atoms with Gasteiger partial charge in [0.1, 0.15) is 0 Å². The largest absolute Gasteiger partial charge is 0.387 e. The number of unbranched alkanes of at least 4 members (excludes halogenated alkanes) is 2. The third-order valence-electron chi connectivity index (χ3n) is 2.74. The number of aromatic nitrogens is 2. The molecule has 0 spiro atoms. The first-order chi connectivity index (χ1) is 8.20. The van der Waals surface area contributed by atoms with Crippen molar-refractivity contribution in [1.29, 1.82) is 0 Å². The van der Waals surface area contributed by atoms with Gasteiger partial charge in [0.05, 0.1) is 36.2 Å². The van der Waals surface area contributed by atoms with Crippen LogP contribution in [0.3, 0.4) is 0 Å². The van der Waals surface area contributed by atoms with Crippen LogP contribution in [0.25, 0.3) is 0 Å². The molecule has 17 heavy (non-hydrogen) atoms. The zero-order valence-electron chi connectivity index (χ0n) is 10.5. The van der Waals surface area contributed by atoms with Gasteiger partial charge in [0, 0.05) is 7.11 Å². The number of ether oxygens (including phenoxy) is 1. The van der Waals surface area contributed by atoms with E-state index in [1.54, 1.807) is 18.0 Å². The summed E-state index contributed by atoms with van der Waals surface area (Å²) in [4.78, 5) is 0. The normalized spacial score (nSPS) is 12.9. The van der Waals surface area contributed by atoms with E-state index in [9.17, 15) is 5.11 Å². The molecule has 1 N–H and O–H groups in total. The van der Waals surface area contributed by atoms with E-state index < -0.39 is 6.10 Å². The summed E-state index contributed by atoms with van der Waals surface area (Å²) in [7, 11) is 1.64. The highest BCUT2D eigenvalue weighted by atomic mass is 35.5. The summed E-state index contributed by atoms with van der Waals surface area (Å²) < 4.78 is 6.73. The Bertz CT molecular complexity index is 328. The number of methoxy groups -OCH3 is 1. The van der Waals surface area contributed by atoms with Crippen LogP contribution >= 0.6 is 11.6 Å². The molecule has 0 saturated heterocycles. The Kier molecular flexibility index (Phi) is 6.55. The molecule has 1 atom stereocenters. The maximum atomic E-state index is 10.1. The van der Waals surface area contributed by atoms with E-state index in [0.29, 0.717) is 23.9 Å². The van der Waals surface area contributed by atoms with Crippen molar-refractivity contribution in [1.82, 2.24) is 9.78 Å². The van der Waals surface area contributed by atoms with Gasteiger partial charge in [0.15, 0.2) is 0 Å². The Morgan fingerprint density at radius 3 is 2.94 bits per heavy atom. The molecule has 1 heterocycles. The van der Waals surface area contributed by atoms with E-state index in [1.165, 1.54) is 0 Å².